The Labute approximate surface area is 118 Å². The summed E-state index contributed by atoms with van der Waals surface area (Å²) >= 11 is 0. The lowest BCUT2D eigenvalue weighted by Gasteiger charge is -2.31. The number of piperidine rings is 1. The highest BCUT2D eigenvalue weighted by Crippen LogP contribution is 2.26. The molecule has 7 heteroatoms. The summed E-state index contributed by atoms with van der Waals surface area (Å²) < 4.78 is 31.4. The van der Waals surface area contributed by atoms with Gasteiger partial charge in [0.2, 0.25) is 16.1 Å². The highest BCUT2D eigenvalue weighted by Gasteiger charge is 2.33. The van der Waals surface area contributed by atoms with Gasteiger partial charge in [-0.3, -0.25) is 0 Å². The Kier molecular flexibility index (Phi) is 4.54. The minimum Gasteiger partial charge on any atom is -0.497 e. The molecule has 1 saturated heterocycles. The topological polar surface area (TPSA) is 76.0 Å². The first kappa shape index (κ1) is 14.7. The third kappa shape index (κ3) is 2.90. The molecule has 1 atom stereocenters. The Morgan fingerprint density at radius 2 is 2.00 bits per heavy atom. The number of hydrogen-bond donors (Lipinski definition) is 0. The Balaban J connectivity index is 2.33. The maximum atomic E-state index is 12.6. The van der Waals surface area contributed by atoms with Gasteiger partial charge in [0.05, 0.1) is 12.0 Å². The van der Waals surface area contributed by atoms with E-state index in [0.29, 0.717) is 18.7 Å². The predicted octanol–water partition coefficient (Wildman–Crippen LogP) is 1.53. The summed E-state index contributed by atoms with van der Waals surface area (Å²) in [6.45, 7) is 0.365. The first-order valence-electron chi connectivity index (χ1n) is 6.32. The van der Waals surface area contributed by atoms with Gasteiger partial charge in [0.15, 0.2) is 0 Å². The van der Waals surface area contributed by atoms with Crippen LogP contribution in [-0.2, 0) is 14.8 Å². The molecule has 6 nitrogen and oxygen atoms in total. The summed E-state index contributed by atoms with van der Waals surface area (Å²) in [6.07, 6.45) is 2.98. The molecule has 0 radical (unpaired) electrons. The number of methoxy groups -OCH3 is 1. The Hall–Kier alpha value is -1.69. The van der Waals surface area contributed by atoms with E-state index in [1.165, 1.54) is 29.6 Å². The van der Waals surface area contributed by atoms with E-state index in [-0.39, 0.29) is 4.90 Å². The molecular weight excluding hydrogens is 280 g/mol. The van der Waals surface area contributed by atoms with Crippen LogP contribution in [0.25, 0.3) is 0 Å². The molecule has 0 spiro atoms. The van der Waals surface area contributed by atoms with E-state index in [1.54, 1.807) is 12.1 Å². The van der Waals surface area contributed by atoms with E-state index in [1.807, 2.05) is 0 Å². The van der Waals surface area contributed by atoms with Gasteiger partial charge < -0.3 is 4.74 Å². The molecule has 1 fully saturated rings. The van der Waals surface area contributed by atoms with E-state index >= 15 is 0 Å². The molecule has 0 aliphatic carbocycles. The molecule has 20 heavy (non-hydrogen) atoms. The number of benzene rings is 1. The lowest BCUT2D eigenvalue weighted by molar-refractivity contribution is 0.259. The first-order valence-corrected chi connectivity index (χ1v) is 7.76. The van der Waals surface area contributed by atoms with Gasteiger partial charge in [-0.15, -0.1) is 0 Å². The molecule has 108 valence electrons. The second kappa shape index (κ2) is 6.17. The van der Waals surface area contributed by atoms with Gasteiger partial charge in [0, 0.05) is 6.54 Å². The van der Waals surface area contributed by atoms with E-state index in [4.69, 9.17) is 4.74 Å². The van der Waals surface area contributed by atoms with Crippen LogP contribution in [0.4, 0.5) is 0 Å². The van der Waals surface area contributed by atoms with Crippen molar-refractivity contribution in [2.24, 2.45) is 4.99 Å². The van der Waals surface area contributed by atoms with E-state index in [2.05, 4.69) is 4.99 Å². The van der Waals surface area contributed by atoms with Crippen LogP contribution in [0, 0.1) is 0 Å². The van der Waals surface area contributed by atoms with Crippen LogP contribution < -0.4 is 4.74 Å². The van der Waals surface area contributed by atoms with Crippen LogP contribution in [0.2, 0.25) is 0 Å². The Bertz CT molecular complexity index is 606. The van der Waals surface area contributed by atoms with Gasteiger partial charge in [-0.25, -0.2) is 13.2 Å². The average molecular weight is 296 g/mol. The lowest BCUT2D eigenvalue weighted by atomic mass is 10.1. The molecule has 1 heterocycles. The molecule has 1 unspecified atom stereocenters. The monoisotopic (exact) mass is 296 g/mol. The molecule has 1 aliphatic heterocycles. The van der Waals surface area contributed by atoms with Crippen LogP contribution >= 0.6 is 0 Å². The Morgan fingerprint density at radius 3 is 2.60 bits per heavy atom. The molecule has 0 saturated carbocycles. The lowest BCUT2D eigenvalue weighted by Crippen LogP contribution is -2.42. The maximum Gasteiger partial charge on any atom is 0.244 e. The minimum absolute atomic E-state index is 0.172. The zero-order valence-corrected chi connectivity index (χ0v) is 12.0. The zero-order valence-electron chi connectivity index (χ0n) is 11.2. The fourth-order valence-corrected chi connectivity index (χ4v) is 3.83. The number of hydrogen-bond acceptors (Lipinski definition) is 5. The minimum atomic E-state index is -3.65. The van der Waals surface area contributed by atoms with E-state index < -0.39 is 16.2 Å². The molecule has 0 bridgehead atoms. The second-order valence-corrected chi connectivity index (χ2v) is 6.38. The number of nitrogens with zero attached hydrogens (tertiary/aromatic N) is 2. The highest BCUT2D eigenvalue weighted by molar-refractivity contribution is 7.89. The van der Waals surface area contributed by atoms with Crippen LogP contribution in [-0.4, -0.2) is 38.6 Å². The summed E-state index contributed by atoms with van der Waals surface area (Å²) in [7, 11) is -2.14. The summed E-state index contributed by atoms with van der Waals surface area (Å²) in [5, 5.41) is 0. The van der Waals surface area contributed by atoms with Gasteiger partial charge >= 0.3 is 0 Å². The average Bonchev–Trinajstić information content (AvgIpc) is 2.48. The van der Waals surface area contributed by atoms with Crippen LogP contribution in [0.1, 0.15) is 19.3 Å². The largest absolute Gasteiger partial charge is 0.497 e. The quantitative estimate of drug-likeness (QED) is 0.623. The van der Waals surface area contributed by atoms with Gasteiger partial charge in [-0.2, -0.15) is 9.30 Å². The fraction of sp³-hybridized carbons (Fsp3) is 0.462. The number of isocyanates is 1. The predicted molar refractivity (Wildman–Crippen MR) is 72.6 cm³/mol. The van der Waals surface area contributed by atoms with Crippen molar-refractivity contribution in [2.45, 2.75) is 30.3 Å². The number of carbonyl (C=O) groups excluding carboxylic acids is 1. The van der Waals surface area contributed by atoms with Crippen molar-refractivity contribution in [3.63, 3.8) is 0 Å². The zero-order chi connectivity index (χ0) is 14.6. The van der Waals surface area contributed by atoms with E-state index in [0.717, 1.165) is 12.8 Å². The van der Waals surface area contributed by atoms with Crippen LogP contribution in [0.5, 0.6) is 5.75 Å². The van der Waals surface area contributed by atoms with E-state index in [9.17, 15) is 13.2 Å². The van der Waals surface area contributed by atoms with Crippen LogP contribution in [0.3, 0.4) is 0 Å². The van der Waals surface area contributed by atoms with Crippen molar-refractivity contribution >= 4 is 16.1 Å². The van der Waals surface area contributed by atoms with Crippen molar-refractivity contribution < 1.29 is 17.9 Å². The van der Waals surface area contributed by atoms with Crippen molar-refractivity contribution in [3.8, 4) is 5.75 Å². The normalized spacial score (nSPS) is 20.1. The summed E-state index contributed by atoms with van der Waals surface area (Å²) in [5.74, 6) is 0.588. The van der Waals surface area contributed by atoms with Gasteiger partial charge in [0.1, 0.15) is 11.9 Å². The van der Waals surface area contributed by atoms with Crippen molar-refractivity contribution in [2.75, 3.05) is 13.7 Å². The van der Waals surface area contributed by atoms with Crippen molar-refractivity contribution in [3.05, 3.63) is 24.3 Å². The number of aliphatic imine (C=N–C) groups is 1. The molecule has 0 amide bonds. The maximum absolute atomic E-state index is 12.6. The third-order valence-electron chi connectivity index (χ3n) is 3.29. The standard InChI is InChI=1S/C13H16N2O4S/c1-19-11-5-7-12(8-6-11)20(17,18)15-9-3-2-4-13(15)14-10-16/h5-8,13H,2-4,9H2,1H3. The molecular formula is C13H16N2O4S. The van der Waals surface area contributed by atoms with Gasteiger partial charge in [0.25, 0.3) is 0 Å². The number of rotatable bonds is 4. The molecule has 0 N–H and O–H groups in total. The smallest absolute Gasteiger partial charge is 0.244 e. The van der Waals surface area contributed by atoms with Crippen molar-refractivity contribution in [1.29, 1.82) is 0 Å². The van der Waals surface area contributed by atoms with Gasteiger partial charge in [-0.1, -0.05) is 0 Å². The molecule has 0 aromatic heterocycles. The molecule has 1 aliphatic rings. The van der Waals surface area contributed by atoms with Gasteiger partial charge in [-0.05, 0) is 43.5 Å². The molecule has 1 aromatic rings. The molecule has 2 rings (SSSR count). The summed E-state index contributed by atoms with van der Waals surface area (Å²) in [6, 6.07) is 6.17. The highest BCUT2D eigenvalue weighted by atomic mass is 32.2. The number of ether oxygens (including phenoxy) is 1. The number of sulfonamides is 1. The van der Waals surface area contributed by atoms with Crippen molar-refractivity contribution in [1.82, 2.24) is 4.31 Å². The second-order valence-electron chi connectivity index (χ2n) is 4.49. The third-order valence-corrected chi connectivity index (χ3v) is 5.20. The first-order chi connectivity index (χ1) is 9.59. The SMILES string of the molecule is COc1ccc(S(=O)(=O)N2CCCCC2N=C=O)cc1. The van der Waals surface area contributed by atoms with Crippen LogP contribution in [0.15, 0.2) is 34.2 Å². The fourth-order valence-electron chi connectivity index (χ4n) is 2.24. The summed E-state index contributed by atoms with van der Waals surface area (Å²) in [4.78, 5) is 14.2. The molecule has 1 aromatic carbocycles. The Morgan fingerprint density at radius 1 is 1.30 bits per heavy atom. The summed E-state index contributed by atoms with van der Waals surface area (Å²) in [5.41, 5.74) is 0.